The van der Waals surface area contributed by atoms with Crippen molar-refractivity contribution >= 4 is 40.7 Å². The molecule has 29 heavy (non-hydrogen) atoms. The number of alkyl halides is 3. The van der Waals surface area contributed by atoms with Crippen molar-refractivity contribution in [2.45, 2.75) is 12.4 Å². The van der Waals surface area contributed by atoms with Crippen LogP contribution in [0, 0.1) is 5.82 Å². The van der Waals surface area contributed by atoms with Crippen molar-refractivity contribution in [3.8, 4) is 11.5 Å². The van der Waals surface area contributed by atoms with Gasteiger partial charge in [0.2, 0.25) is 0 Å². The van der Waals surface area contributed by atoms with E-state index in [1.165, 1.54) is 24.3 Å². The fraction of sp³-hybridized carbons (Fsp3) is 0.333. The van der Waals surface area contributed by atoms with Gasteiger partial charge in [-0.25, -0.2) is 4.39 Å². The summed E-state index contributed by atoms with van der Waals surface area (Å²) in [6, 6.07) is 7.67. The molecule has 1 aliphatic rings. The number of aromatic hydroxyl groups is 1. The molecule has 1 fully saturated rings. The predicted octanol–water partition coefficient (Wildman–Crippen LogP) is 5.03. The van der Waals surface area contributed by atoms with E-state index < -0.39 is 24.0 Å². The number of nitrogens with one attached hydrogen (secondary N) is 1. The minimum Gasteiger partial charge on any atom is -0.505 e. The van der Waals surface area contributed by atoms with E-state index in [0.29, 0.717) is 41.8 Å². The standard InChI is InChI=1S/C18H17BrF4N2O2.2ClH/c19-12-9-14(17(26)15(20)10-12)16(25-7-5-24-6-8-25)11-1-3-13(4-2-11)27-18(21,22)23;;/h1-4,9-10,16,24,26H,5-8H2;2*1H/t16-;;/m1../s1. The summed E-state index contributed by atoms with van der Waals surface area (Å²) >= 11 is 3.23. The molecule has 0 saturated carbocycles. The average Bonchev–Trinajstić information content (AvgIpc) is 2.60. The van der Waals surface area contributed by atoms with Gasteiger partial charge in [-0.2, -0.15) is 0 Å². The van der Waals surface area contributed by atoms with Gasteiger partial charge in [-0.15, -0.1) is 38.0 Å². The third kappa shape index (κ3) is 6.62. The zero-order valence-electron chi connectivity index (χ0n) is 14.9. The molecule has 1 saturated heterocycles. The number of halogens is 7. The summed E-state index contributed by atoms with van der Waals surface area (Å²) in [5.74, 6) is -1.58. The van der Waals surface area contributed by atoms with Crippen LogP contribution >= 0.6 is 40.7 Å². The lowest BCUT2D eigenvalue weighted by Gasteiger charge is -2.36. The number of phenolic OH excluding ortho intramolecular Hbond substituents is 1. The quantitative estimate of drug-likeness (QED) is 0.554. The summed E-state index contributed by atoms with van der Waals surface area (Å²) in [5.41, 5.74) is 0.965. The summed E-state index contributed by atoms with van der Waals surface area (Å²) in [7, 11) is 0. The molecule has 2 N–H and O–H groups in total. The number of nitrogens with zero attached hydrogens (tertiary/aromatic N) is 1. The van der Waals surface area contributed by atoms with Crippen molar-refractivity contribution in [1.82, 2.24) is 10.2 Å². The monoisotopic (exact) mass is 520 g/mol. The van der Waals surface area contributed by atoms with E-state index in [4.69, 9.17) is 0 Å². The maximum absolute atomic E-state index is 14.1. The third-order valence-electron chi connectivity index (χ3n) is 4.30. The van der Waals surface area contributed by atoms with E-state index in [0.717, 1.165) is 6.07 Å². The van der Waals surface area contributed by atoms with Crippen molar-refractivity contribution in [1.29, 1.82) is 0 Å². The summed E-state index contributed by atoms with van der Waals surface area (Å²) in [6.45, 7) is 2.70. The molecule has 0 spiro atoms. The minimum absolute atomic E-state index is 0. The molecule has 1 atom stereocenters. The van der Waals surface area contributed by atoms with E-state index in [2.05, 4.69) is 26.0 Å². The second-order valence-corrected chi connectivity index (χ2v) is 7.05. The first-order valence-corrected chi connectivity index (χ1v) is 9.02. The molecular formula is C18H19BrCl2F4N2O2. The van der Waals surface area contributed by atoms with Gasteiger partial charge >= 0.3 is 6.36 Å². The Hall–Kier alpha value is -1.26. The Morgan fingerprint density at radius 2 is 1.66 bits per heavy atom. The van der Waals surface area contributed by atoms with Gasteiger partial charge in [0, 0.05) is 36.2 Å². The van der Waals surface area contributed by atoms with Gasteiger partial charge in [-0.05, 0) is 29.8 Å². The number of hydrogen-bond donors (Lipinski definition) is 2. The molecule has 1 aliphatic heterocycles. The first kappa shape index (κ1) is 25.8. The first-order valence-electron chi connectivity index (χ1n) is 8.23. The molecule has 0 aliphatic carbocycles. The fourth-order valence-corrected chi connectivity index (χ4v) is 3.62. The molecule has 2 aromatic rings. The van der Waals surface area contributed by atoms with Gasteiger partial charge < -0.3 is 15.2 Å². The molecule has 0 bridgehead atoms. The van der Waals surface area contributed by atoms with Crippen LogP contribution in [0.4, 0.5) is 17.6 Å². The maximum atomic E-state index is 14.1. The number of hydrogen-bond acceptors (Lipinski definition) is 4. The topological polar surface area (TPSA) is 44.7 Å². The molecule has 0 radical (unpaired) electrons. The third-order valence-corrected chi connectivity index (χ3v) is 4.76. The second kappa shape index (κ2) is 10.7. The van der Waals surface area contributed by atoms with E-state index in [-0.39, 0.29) is 30.6 Å². The Bertz CT molecular complexity index is 804. The highest BCUT2D eigenvalue weighted by Crippen LogP contribution is 2.38. The molecule has 162 valence electrons. The lowest BCUT2D eigenvalue weighted by molar-refractivity contribution is -0.274. The molecule has 3 rings (SSSR count). The van der Waals surface area contributed by atoms with Crippen molar-refractivity contribution in [2.75, 3.05) is 26.2 Å². The molecular weight excluding hydrogens is 503 g/mol. The van der Waals surface area contributed by atoms with Crippen molar-refractivity contribution < 1.29 is 27.4 Å². The highest BCUT2D eigenvalue weighted by atomic mass is 79.9. The van der Waals surface area contributed by atoms with Crippen LogP contribution in [0.1, 0.15) is 17.2 Å². The van der Waals surface area contributed by atoms with E-state index in [1.807, 2.05) is 4.90 Å². The van der Waals surface area contributed by atoms with E-state index >= 15 is 0 Å². The molecule has 1 heterocycles. The molecule has 2 aromatic carbocycles. The Labute approximate surface area is 186 Å². The second-order valence-electron chi connectivity index (χ2n) is 6.13. The largest absolute Gasteiger partial charge is 0.573 e. The van der Waals surface area contributed by atoms with Crippen LogP contribution in [0.5, 0.6) is 11.5 Å². The number of piperazine rings is 1. The molecule has 11 heteroatoms. The predicted molar refractivity (Wildman–Crippen MR) is 110 cm³/mol. The lowest BCUT2D eigenvalue weighted by atomic mass is 9.95. The SMILES string of the molecule is Cl.Cl.Oc1c(F)cc(Br)cc1[C@@H](c1ccc(OC(F)(F)F)cc1)N1CCNCC1. The number of benzene rings is 2. The molecule has 4 nitrogen and oxygen atoms in total. The number of phenols is 1. The summed E-state index contributed by atoms with van der Waals surface area (Å²) in [6.07, 6.45) is -4.77. The van der Waals surface area contributed by atoms with Crippen LogP contribution in [0.25, 0.3) is 0 Å². The van der Waals surface area contributed by atoms with E-state index in [9.17, 15) is 22.7 Å². The fourth-order valence-electron chi connectivity index (χ4n) is 3.17. The molecule has 0 aromatic heterocycles. The van der Waals surface area contributed by atoms with Gasteiger partial charge in [0.1, 0.15) is 5.75 Å². The van der Waals surface area contributed by atoms with Crippen molar-refractivity contribution in [3.63, 3.8) is 0 Å². The molecule has 0 amide bonds. The maximum Gasteiger partial charge on any atom is 0.573 e. The molecule has 0 unspecified atom stereocenters. The Kier molecular flexibility index (Phi) is 9.49. The first-order chi connectivity index (χ1) is 12.7. The van der Waals surface area contributed by atoms with Gasteiger partial charge in [0.05, 0.1) is 6.04 Å². The van der Waals surface area contributed by atoms with Crippen LogP contribution in [0.3, 0.4) is 0 Å². The zero-order valence-corrected chi connectivity index (χ0v) is 18.1. The van der Waals surface area contributed by atoms with Crippen molar-refractivity contribution in [3.05, 3.63) is 57.8 Å². The van der Waals surface area contributed by atoms with E-state index in [1.54, 1.807) is 6.07 Å². The van der Waals surface area contributed by atoms with Gasteiger partial charge in [0.15, 0.2) is 11.6 Å². The summed E-state index contributed by atoms with van der Waals surface area (Å²) in [5, 5.41) is 13.5. The Morgan fingerprint density at radius 1 is 1.07 bits per heavy atom. The van der Waals surface area contributed by atoms with Gasteiger partial charge in [-0.3, -0.25) is 4.90 Å². The lowest BCUT2D eigenvalue weighted by Crippen LogP contribution is -2.45. The number of ether oxygens (including phenoxy) is 1. The zero-order chi connectivity index (χ0) is 19.6. The average molecular weight is 522 g/mol. The van der Waals surface area contributed by atoms with Gasteiger partial charge in [0.25, 0.3) is 0 Å². The smallest absolute Gasteiger partial charge is 0.505 e. The van der Waals surface area contributed by atoms with Crippen LogP contribution in [-0.2, 0) is 0 Å². The van der Waals surface area contributed by atoms with Crippen LogP contribution in [0.15, 0.2) is 40.9 Å². The van der Waals surface area contributed by atoms with Gasteiger partial charge in [-0.1, -0.05) is 28.1 Å². The Balaban J connectivity index is 0.00000210. The number of rotatable bonds is 4. The normalized spacial score (nSPS) is 15.8. The highest BCUT2D eigenvalue weighted by Gasteiger charge is 2.32. The Morgan fingerprint density at radius 3 is 2.21 bits per heavy atom. The van der Waals surface area contributed by atoms with Crippen LogP contribution in [-0.4, -0.2) is 42.5 Å². The summed E-state index contributed by atoms with van der Waals surface area (Å²) in [4.78, 5) is 2.04. The highest BCUT2D eigenvalue weighted by molar-refractivity contribution is 9.10. The minimum atomic E-state index is -4.77. The summed E-state index contributed by atoms with van der Waals surface area (Å²) < 4.78 is 55.6. The van der Waals surface area contributed by atoms with Crippen LogP contribution < -0.4 is 10.1 Å². The van der Waals surface area contributed by atoms with Crippen molar-refractivity contribution in [2.24, 2.45) is 0 Å². The van der Waals surface area contributed by atoms with Crippen LogP contribution in [0.2, 0.25) is 0 Å².